The molecule has 0 aromatic heterocycles. The quantitative estimate of drug-likeness (QED) is 0.748. The molecule has 3 rings (SSSR count). The van der Waals surface area contributed by atoms with Crippen molar-refractivity contribution in [1.82, 2.24) is 5.32 Å². The summed E-state index contributed by atoms with van der Waals surface area (Å²) < 4.78 is 5.84. The van der Waals surface area contributed by atoms with Crippen molar-refractivity contribution in [2.45, 2.75) is 45.3 Å². The lowest BCUT2D eigenvalue weighted by Crippen LogP contribution is -2.40. The minimum Gasteiger partial charge on any atom is -0.489 e. The van der Waals surface area contributed by atoms with E-state index in [1.165, 1.54) is 19.3 Å². The van der Waals surface area contributed by atoms with Crippen molar-refractivity contribution in [2.24, 2.45) is 5.92 Å². The fraction of sp³-hybridized carbons (Fsp3) is 0.348. The highest BCUT2D eigenvalue weighted by Gasteiger charge is 2.21. The summed E-state index contributed by atoms with van der Waals surface area (Å²) in [7, 11) is 0. The van der Waals surface area contributed by atoms with E-state index in [1.54, 1.807) is 6.08 Å². The molecule has 2 atom stereocenters. The highest BCUT2D eigenvalue weighted by atomic mass is 16.5. The Kier molecular flexibility index (Phi) is 6.48. The standard InChI is InChI=1S/C23H27NO2/c1-18-8-5-6-13-22(18)24-23(25)15-14-19-11-7-12-21(16-19)26-17-20-9-3-2-4-10-20/h2-4,7,9-12,14-16,18,22H,5-6,8,13,17H2,1H3,(H,24,25)/b15-14+. The summed E-state index contributed by atoms with van der Waals surface area (Å²) >= 11 is 0. The summed E-state index contributed by atoms with van der Waals surface area (Å²) in [5.74, 6) is 1.35. The summed E-state index contributed by atoms with van der Waals surface area (Å²) in [6, 6.07) is 18.2. The topological polar surface area (TPSA) is 38.3 Å². The number of benzene rings is 2. The second kappa shape index (κ2) is 9.23. The molecule has 0 aliphatic heterocycles. The number of amides is 1. The van der Waals surface area contributed by atoms with E-state index in [1.807, 2.05) is 60.7 Å². The fourth-order valence-electron chi connectivity index (χ4n) is 3.38. The van der Waals surface area contributed by atoms with Crippen LogP contribution in [-0.4, -0.2) is 11.9 Å². The maximum absolute atomic E-state index is 12.2. The highest BCUT2D eigenvalue weighted by Crippen LogP contribution is 2.23. The summed E-state index contributed by atoms with van der Waals surface area (Å²) in [5.41, 5.74) is 2.09. The average molecular weight is 349 g/mol. The Morgan fingerprint density at radius 2 is 1.92 bits per heavy atom. The van der Waals surface area contributed by atoms with Gasteiger partial charge in [-0.25, -0.2) is 0 Å². The Hall–Kier alpha value is -2.55. The molecule has 3 nitrogen and oxygen atoms in total. The van der Waals surface area contributed by atoms with Gasteiger partial charge in [0.1, 0.15) is 12.4 Å². The number of hydrogen-bond donors (Lipinski definition) is 1. The first-order chi connectivity index (χ1) is 12.7. The average Bonchev–Trinajstić information content (AvgIpc) is 2.68. The SMILES string of the molecule is CC1CCCCC1NC(=O)/C=C/c1cccc(OCc2ccccc2)c1. The zero-order valence-electron chi connectivity index (χ0n) is 15.4. The Labute approximate surface area is 156 Å². The van der Waals surface area contributed by atoms with Crippen LogP contribution in [0.2, 0.25) is 0 Å². The van der Waals surface area contributed by atoms with Crippen LogP contribution in [0, 0.1) is 5.92 Å². The summed E-state index contributed by atoms with van der Waals surface area (Å²) in [6.45, 7) is 2.76. The third-order valence-corrected chi connectivity index (χ3v) is 4.97. The van der Waals surface area contributed by atoms with E-state index in [4.69, 9.17) is 4.74 Å². The van der Waals surface area contributed by atoms with Gasteiger partial charge in [0, 0.05) is 12.1 Å². The molecular formula is C23H27NO2. The van der Waals surface area contributed by atoms with Crippen LogP contribution in [0.3, 0.4) is 0 Å². The van der Waals surface area contributed by atoms with Gasteiger partial charge < -0.3 is 10.1 Å². The molecular weight excluding hydrogens is 322 g/mol. The second-order valence-electron chi connectivity index (χ2n) is 7.06. The molecule has 1 fully saturated rings. The summed E-state index contributed by atoms with van der Waals surface area (Å²) in [5, 5.41) is 3.14. The van der Waals surface area contributed by atoms with Crippen molar-refractivity contribution in [3.63, 3.8) is 0 Å². The predicted octanol–water partition coefficient (Wildman–Crippen LogP) is 4.97. The van der Waals surface area contributed by atoms with Crippen LogP contribution < -0.4 is 10.1 Å². The molecule has 1 amide bonds. The maximum Gasteiger partial charge on any atom is 0.244 e. The van der Waals surface area contributed by atoms with Gasteiger partial charge in [0.15, 0.2) is 0 Å². The van der Waals surface area contributed by atoms with Crippen molar-refractivity contribution in [3.8, 4) is 5.75 Å². The van der Waals surface area contributed by atoms with Crippen molar-refractivity contribution in [2.75, 3.05) is 0 Å². The first kappa shape index (κ1) is 18.2. The number of carbonyl (C=O) groups excluding carboxylic acids is 1. The first-order valence-corrected chi connectivity index (χ1v) is 9.46. The van der Waals surface area contributed by atoms with E-state index < -0.39 is 0 Å². The van der Waals surface area contributed by atoms with E-state index in [-0.39, 0.29) is 5.91 Å². The number of hydrogen-bond acceptors (Lipinski definition) is 2. The molecule has 1 aliphatic rings. The molecule has 0 spiro atoms. The van der Waals surface area contributed by atoms with Crippen LogP contribution in [0.1, 0.15) is 43.7 Å². The summed E-state index contributed by atoms with van der Waals surface area (Å²) in [4.78, 5) is 12.2. The number of carbonyl (C=O) groups is 1. The molecule has 2 aromatic rings. The molecule has 1 saturated carbocycles. The predicted molar refractivity (Wildman–Crippen MR) is 106 cm³/mol. The lowest BCUT2D eigenvalue weighted by Gasteiger charge is -2.29. The van der Waals surface area contributed by atoms with Crippen LogP contribution in [0.4, 0.5) is 0 Å². The van der Waals surface area contributed by atoms with Crippen LogP contribution in [0.5, 0.6) is 5.75 Å². The van der Waals surface area contributed by atoms with Gasteiger partial charge in [0.25, 0.3) is 0 Å². The smallest absolute Gasteiger partial charge is 0.244 e. The fourth-order valence-corrected chi connectivity index (χ4v) is 3.38. The van der Waals surface area contributed by atoms with Crippen LogP contribution in [0.15, 0.2) is 60.7 Å². The van der Waals surface area contributed by atoms with Gasteiger partial charge in [-0.15, -0.1) is 0 Å². The molecule has 1 aliphatic carbocycles. The molecule has 0 heterocycles. The third kappa shape index (κ3) is 5.48. The van der Waals surface area contributed by atoms with Gasteiger partial charge >= 0.3 is 0 Å². The molecule has 2 aromatic carbocycles. The molecule has 1 N–H and O–H groups in total. The second-order valence-corrected chi connectivity index (χ2v) is 7.06. The molecule has 0 saturated heterocycles. The first-order valence-electron chi connectivity index (χ1n) is 9.46. The zero-order chi connectivity index (χ0) is 18.2. The van der Waals surface area contributed by atoms with Crippen molar-refractivity contribution in [1.29, 1.82) is 0 Å². The van der Waals surface area contributed by atoms with E-state index >= 15 is 0 Å². The molecule has 2 unspecified atom stereocenters. The Balaban J connectivity index is 1.54. The van der Waals surface area contributed by atoms with Crippen molar-refractivity contribution >= 4 is 12.0 Å². The summed E-state index contributed by atoms with van der Waals surface area (Å²) in [6.07, 6.45) is 8.24. The Morgan fingerprint density at radius 3 is 2.73 bits per heavy atom. The highest BCUT2D eigenvalue weighted by molar-refractivity contribution is 5.92. The molecule has 26 heavy (non-hydrogen) atoms. The van der Waals surface area contributed by atoms with Crippen molar-refractivity contribution < 1.29 is 9.53 Å². The number of rotatable bonds is 6. The van der Waals surface area contributed by atoms with E-state index in [2.05, 4.69) is 12.2 Å². The minimum atomic E-state index is -0.0145. The lowest BCUT2D eigenvalue weighted by molar-refractivity contribution is -0.117. The van der Waals surface area contributed by atoms with Crippen molar-refractivity contribution in [3.05, 3.63) is 71.8 Å². The molecule has 3 heteroatoms. The molecule has 136 valence electrons. The van der Waals surface area contributed by atoms with Gasteiger partial charge in [-0.05, 0) is 48.1 Å². The third-order valence-electron chi connectivity index (χ3n) is 4.97. The molecule has 0 radical (unpaired) electrons. The van der Waals surface area contributed by atoms with E-state index in [0.29, 0.717) is 18.6 Å². The van der Waals surface area contributed by atoms with E-state index in [9.17, 15) is 4.79 Å². The normalized spacial score (nSPS) is 20.0. The Bertz CT molecular complexity index is 739. The minimum absolute atomic E-state index is 0.0145. The van der Waals surface area contributed by atoms with Gasteiger partial charge in [0.2, 0.25) is 5.91 Å². The van der Waals surface area contributed by atoms with Gasteiger partial charge in [-0.1, -0.05) is 62.2 Å². The van der Waals surface area contributed by atoms with Crippen LogP contribution in [0.25, 0.3) is 6.08 Å². The monoisotopic (exact) mass is 349 g/mol. The van der Waals surface area contributed by atoms with E-state index in [0.717, 1.165) is 23.3 Å². The van der Waals surface area contributed by atoms with Crippen LogP contribution >= 0.6 is 0 Å². The zero-order valence-corrected chi connectivity index (χ0v) is 15.4. The number of nitrogens with one attached hydrogen (secondary N) is 1. The van der Waals surface area contributed by atoms with Gasteiger partial charge in [-0.3, -0.25) is 4.79 Å². The Morgan fingerprint density at radius 1 is 1.12 bits per heavy atom. The van der Waals surface area contributed by atoms with Crippen LogP contribution in [-0.2, 0) is 11.4 Å². The van der Waals surface area contributed by atoms with Gasteiger partial charge in [-0.2, -0.15) is 0 Å². The molecule has 0 bridgehead atoms. The lowest BCUT2D eigenvalue weighted by atomic mass is 9.86. The largest absolute Gasteiger partial charge is 0.489 e. The number of ether oxygens (including phenoxy) is 1. The van der Waals surface area contributed by atoms with Gasteiger partial charge in [0.05, 0.1) is 0 Å². The maximum atomic E-state index is 12.2.